The first-order chi connectivity index (χ1) is 17.7. The lowest BCUT2D eigenvalue weighted by molar-refractivity contribution is -0.132. The normalized spacial score (nSPS) is 15.1. The van der Waals surface area contributed by atoms with E-state index in [1.807, 2.05) is 17.0 Å². The second kappa shape index (κ2) is 10.1. The standard InChI is InChI=1S/C30H37N5O2/c1-20(2)17-24-31-28(35-14-8-13-34(15-16-35)25(36)19-30(3,4)5)26-27(33-37-29(26)32-24)23-12-11-21-9-6-7-10-22(21)18-23/h6-7,9-12,18,20H,8,13-17,19H2,1-5H3. The van der Waals surface area contributed by atoms with Gasteiger partial charge in [0.05, 0.1) is 0 Å². The number of amides is 1. The molecule has 0 radical (unpaired) electrons. The molecule has 2 aromatic heterocycles. The number of nitrogens with zero attached hydrogens (tertiary/aromatic N) is 5. The molecule has 3 heterocycles. The first kappa shape index (κ1) is 25.2. The second-order valence-corrected chi connectivity index (χ2v) is 11.8. The fraction of sp³-hybridized carbons (Fsp3) is 0.467. The van der Waals surface area contributed by atoms with E-state index < -0.39 is 0 Å². The molecule has 1 aliphatic heterocycles. The molecule has 0 N–H and O–H groups in total. The molecule has 2 aromatic carbocycles. The largest absolute Gasteiger partial charge is 0.354 e. The molecule has 0 unspecified atom stereocenters. The summed E-state index contributed by atoms with van der Waals surface area (Å²) in [5, 5.41) is 7.66. The van der Waals surface area contributed by atoms with E-state index in [0.717, 1.165) is 59.6 Å². The first-order valence-electron chi connectivity index (χ1n) is 13.4. The van der Waals surface area contributed by atoms with Gasteiger partial charge in [-0.15, -0.1) is 0 Å². The van der Waals surface area contributed by atoms with Gasteiger partial charge in [-0.2, -0.15) is 4.98 Å². The molecule has 0 spiro atoms. The van der Waals surface area contributed by atoms with E-state index in [4.69, 9.17) is 14.5 Å². The minimum atomic E-state index is -0.0230. The van der Waals surface area contributed by atoms with Crippen molar-refractivity contribution in [2.24, 2.45) is 11.3 Å². The molecule has 0 bridgehead atoms. The van der Waals surface area contributed by atoms with E-state index in [9.17, 15) is 4.79 Å². The number of hydrogen-bond donors (Lipinski definition) is 0. The smallest absolute Gasteiger partial charge is 0.263 e. The maximum Gasteiger partial charge on any atom is 0.263 e. The Balaban J connectivity index is 1.53. The van der Waals surface area contributed by atoms with Crippen LogP contribution in [0.2, 0.25) is 0 Å². The van der Waals surface area contributed by atoms with Gasteiger partial charge in [0.2, 0.25) is 5.91 Å². The topological polar surface area (TPSA) is 75.4 Å². The van der Waals surface area contributed by atoms with Crippen LogP contribution in [0, 0.1) is 11.3 Å². The highest BCUT2D eigenvalue weighted by molar-refractivity contribution is 6.00. The van der Waals surface area contributed by atoms with Crippen molar-refractivity contribution in [1.82, 2.24) is 20.0 Å². The molecule has 7 nitrogen and oxygen atoms in total. The van der Waals surface area contributed by atoms with Crippen LogP contribution < -0.4 is 4.90 Å². The lowest BCUT2D eigenvalue weighted by Crippen LogP contribution is -2.37. The van der Waals surface area contributed by atoms with Gasteiger partial charge in [0.25, 0.3) is 5.71 Å². The maximum absolute atomic E-state index is 13.0. The van der Waals surface area contributed by atoms with Crippen LogP contribution in [-0.4, -0.2) is 52.1 Å². The van der Waals surface area contributed by atoms with Crippen LogP contribution in [0.15, 0.2) is 47.0 Å². The number of fused-ring (bicyclic) bond motifs is 2. The number of rotatable bonds is 5. The third-order valence-electron chi connectivity index (χ3n) is 6.81. The lowest BCUT2D eigenvalue weighted by Gasteiger charge is -2.26. The third-order valence-corrected chi connectivity index (χ3v) is 6.81. The van der Waals surface area contributed by atoms with Crippen molar-refractivity contribution in [2.45, 2.75) is 53.9 Å². The average molecular weight is 500 g/mol. The molecule has 1 fully saturated rings. The van der Waals surface area contributed by atoms with Gasteiger partial charge in [-0.1, -0.05) is 76.2 Å². The second-order valence-electron chi connectivity index (χ2n) is 11.8. The number of aromatic nitrogens is 3. The molecular weight excluding hydrogens is 462 g/mol. The highest BCUT2D eigenvalue weighted by Gasteiger charge is 2.27. The molecular formula is C30H37N5O2. The summed E-state index contributed by atoms with van der Waals surface area (Å²) in [6.07, 6.45) is 2.21. The van der Waals surface area contributed by atoms with Crippen LogP contribution in [0.3, 0.4) is 0 Å². The molecule has 37 heavy (non-hydrogen) atoms. The molecule has 1 aliphatic rings. The van der Waals surface area contributed by atoms with E-state index in [-0.39, 0.29) is 11.3 Å². The van der Waals surface area contributed by atoms with Crippen LogP contribution >= 0.6 is 0 Å². The summed E-state index contributed by atoms with van der Waals surface area (Å²) in [7, 11) is 0. The highest BCUT2D eigenvalue weighted by atomic mass is 16.5. The van der Waals surface area contributed by atoms with Crippen molar-refractivity contribution in [3.63, 3.8) is 0 Å². The summed E-state index contributed by atoms with van der Waals surface area (Å²) < 4.78 is 5.82. The summed E-state index contributed by atoms with van der Waals surface area (Å²) in [4.78, 5) is 27.1. The number of hydrogen-bond acceptors (Lipinski definition) is 6. The Bertz CT molecular complexity index is 1420. The van der Waals surface area contributed by atoms with E-state index in [1.165, 1.54) is 5.39 Å². The molecule has 4 aromatic rings. The van der Waals surface area contributed by atoms with E-state index in [2.05, 4.69) is 75.0 Å². The Hall–Kier alpha value is -3.48. The summed E-state index contributed by atoms with van der Waals surface area (Å²) in [5.41, 5.74) is 2.24. The number of carbonyl (C=O) groups excluding carboxylic acids is 1. The number of benzene rings is 2. The van der Waals surface area contributed by atoms with Crippen LogP contribution in [0.5, 0.6) is 0 Å². The number of anilines is 1. The van der Waals surface area contributed by atoms with Crippen LogP contribution in [-0.2, 0) is 11.2 Å². The minimum Gasteiger partial charge on any atom is -0.354 e. The zero-order chi connectivity index (χ0) is 26.2. The predicted octanol–water partition coefficient (Wildman–Crippen LogP) is 6.11. The van der Waals surface area contributed by atoms with Gasteiger partial charge >= 0.3 is 0 Å². The van der Waals surface area contributed by atoms with E-state index in [1.54, 1.807) is 0 Å². The molecule has 1 amide bonds. The molecule has 0 saturated carbocycles. The van der Waals surface area contributed by atoms with E-state index >= 15 is 0 Å². The van der Waals surface area contributed by atoms with Crippen LogP contribution in [0.1, 0.15) is 53.3 Å². The average Bonchev–Trinajstić information content (AvgIpc) is 3.10. The van der Waals surface area contributed by atoms with Crippen molar-refractivity contribution in [3.8, 4) is 11.3 Å². The van der Waals surface area contributed by atoms with E-state index in [0.29, 0.717) is 31.1 Å². The molecule has 1 saturated heterocycles. The summed E-state index contributed by atoms with van der Waals surface area (Å²) in [6.45, 7) is 13.6. The van der Waals surface area contributed by atoms with Gasteiger partial charge in [-0.05, 0) is 34.6 Å². The zero-order valence-corrected chi connectivity index (χ0v) is 22.6. The lowest BCUT2D eigenvalue weighted by atomic mass is 9.91. The van der Waals surface area contributed by atoms with Gasteiger partial charge in [-0.3, -0.25) is 4.79 Å². The fourth-order valence-electron chi connectivity index (χ4n) is 5.04. The Morgan fingerprint density at radius 1 is 1.00 bits per heavy atom. The van der Waals surface area contributed by atoms with Crippen molar-refractivity contribution >= 4 is 33.6 Å². The minimum absolute atomic E-state index is 0.0230. The summed E-state index contributed by atoms with van der Waals surface area (Å²) in [6, 6.07) is 14.7. The van der Waals surface area contributed by atoms with Gasteiger partial charge in [0.15, 0.2) is 0 Å². The molecule has 0 atom stereocenters. The Morgan fingerprint density at radius 3 is 2.54 bits per heavy atom. The molecule has 5 rings (SSSR count). The summed E-state index contributed by atoms with van der Waals surface area (Å²) >= 11 is 0. The van der Waals surface area contributed by atoms with Crippen molar-refractivity contribution < 1.29 is 9.32 Å². The molecule has 194 valence electrons. The molecule has 7 heteroatoms. The molecule has 0 aliphatic carbocycles. The van der Waals surface area contributed by atoms with Crippen molar-refractivity contribution in [3.05, 3.63) is 48.3 Å². The Morgan fingerprint density at radius 2 is 1.78 bits per heavy atom. The third kappa shape index (κ3) is 5.60. The zero-order valence-electron chi connectivity index (χ0n) is 22.6. The van der Waals surface area contributed by atoms with Gasteiger partial charge in [0.1, 0.15) is 22.7 Å². The fourth-order valence-corrected chi connectivity index (χ4v) is 5.04. The predicted molar refractivity (Wildman–Crippen MR) is 149 cm³/mol. The van der Waals surface area contributed by atoms with Gasteiger partial charge < -0.3 is 14.3 Å². The monoisotopic (exact) mass is 499 g/mol. The SMILES string of the molecule is CC(C)Cc1nc(N2CCCN(C(=O)CC(C)(C)C)CC2)c2c(-c3ccc4ccccc4c3)noc2n1. The highest BCUT2D eigenvalue weighted by Crippen LogP contribution is 2.35. The summed E-state index contributed by atoms with van der Waals surface area (Å²) in [5.74, 6) is 2.27. The quantitative estimate of drug-likeness (QED) is 0.330. The number of carbonyl (C=O) groups is 1. The maximum atomic E-state index is 13.0. The van der Waals surface area contributed by atoms with Crippen molar-refractivity contribution in [2.75, 3.05) is 31.1 Å². The Labute approximate surface area is 218 Å². The van der Waals surface area contributed by atoms with Gasteiger partial charge in [0, 0.05) is 44.6 Å². The van der Waals surface area contributed by atoms with Crippen LogP contribution in [0.4, 0.5) is 5.82 Å². The van der Waals surface area contributed by atoms with Gasteiger partial charge in [-0.25, -0.2) is 4.98 Å². The van der Waals surface area contributed by atoms with Crippen LogP contribution in [0.25, 0.3) is 33.1 Å². The Kier molecular flexibility index (Phi) is 6.88. The first-order valence-corrected chi connectivity index (χ1v) is 13.4. The van der Waals surface area contributed by atoms with Crippen molar-refractivity contribution in [1.29, 1.82) is 0 Å².